The maximum Gasteiger partial charge on any atom is 0.186 e. The van der Waals surface area contributed by atoms with Gasteiger partial charge >= 0.3 is 0 Å². The highest BCUT2D eigenvalue weighted by atomic mass is 128. The minimum atomic E-state index is -0.0924. The van der Waals surface area contributed by atoms with Gasteiger partial charge in [0.05, 0.1) is 0 Å². The van der Waals surface area contributed by atoms with E-state index >= 15 is 0 Å². The first-order valence-electron chi connectivity index (χ1n) is 3.79. The van der Waals surface area contributed by atoms with Crippen LogP contribution in [0, 0.1) is 0 Å². The van der Waals surface area contributed by atoms with Gasteiger partial charge in [-0.1, -0.05) is 24.3 Å². The molecular formula is C10H6I2O2. The highest BCUT2D eigenvalue weighted by molar-refractivity contribution is 15.0. The van der Waals surface area contributed by atoms with Crippen LogP contribution >= 0.6 is 37.2 Å². The molecule has 0 spiro atoms. The van der Waals surface area contributed by atoms with E-state index in [1.54, 1.807) is 24.3 Å². The van der Waals surface area contributed by atoms with E-state index in [9.17, 15) is 9.59 Å². The van der Waals surface area contributed by atoms with E-state index in [4.69, 9.17) is 0 Å². The average molecular weight is 412 g/mol. The fourth-order valence-electron chi connectivity index (χ4n) is 1.24. The third-order valence-electron chi connectivity index (χ3n) is 1.84. The Balaban J connectivity index is 0.000000461. The number of halogens is 2. The van der Waals surface area contributed by atoms with Gasteiger partial charge in [-0.25, -0.2) is 0 Å². The minimum absolute atomic E-state index is 0.0924. The van der Waals surface area contributed by atoms with Crippen LogP contribution in [0.4, 0.5) is 0 Å². The van der Waals surface area contributed by atoms with Crippen molar-refractivity contribution in [3.8, 4) is 0 Å². The number of ketones is 2. The Bertz CT molecular complexity index is 360. The van der Waals surface area contributed by atoms with Crippen LogP contribution in [-0.2, 0) is 0 Å². The van der Waals surface area contributed by atoms with Gasteiger partial charge in [-0.3, -0.25) is 9.59 Å². The molecule has 0 bridgehead atoms. The molecule has 2 rings (SSSR count). The molecule has 0 aromatic heterocycles. The van der Waals surface area contributed by atoms with Crippen molar-refractivity contribution in [3.63, 3.8) is 0 Å². The molecular weight excluding hydrogens is 406 g/mol. The van der Waals surface area contributed by atoms with Crippen molar-refractivity contribution in [1.29, 1.82) is 0 Å². The van der Waals surface area contributed by atoms with Crippen LogP contribution in [-0.4, -0.2) is 11.6 Å². The molecule has 0 saturated carbocycles. The van der Waals surface area contributed by atoms with E-state index in [1.165, 1.54) is 12.2 Å². The van der Waals surface area contributed by atoms with Crippen molar-refractivity contribution >= 4 is 48.8 Å². The number of hydrogen-bond acceptors (Lipinski definition) is 2. The first-order valence-corrected chi connectivity index (χ1v) is 10.1. The Hall–Kier alpha value is -0.240. The van der Waals surface area contributed by atoms with E-state index in [1.807, 2.05) is 0 Å². The van der Waals surface area contributed by atoms with Crippen LogP contribution in [0.2, 0.25) is 0 Å². The molecule has 0 fully saturated rings. The summed E-state index contributed by atoms with van der Waals surface area (Å²) in [5.41, 5.74) is 1.01. The predicted octanol–water partition coefficient (Wildman–Crippen LogP) is 3.39. The molecule has 0 atom stereocenters. The molecule has 1 aromatic carbocycles. The summed E-state index contributed by atoms with van der Waals surface area (Å²) in [4.78, 5) is 22.4. The molecule has 1 aliphatic carbocycles. The summed E-state index contributed by atoms with van der Waals surface area (Å²) in [6.07, 6.45) is 2.62. The van der Waals surface area contributed by atoms with E-state index in [0.29, 0.717) is 11.1 Å². The van der Waals surface area contributed by atoms with Crippen molar-refractivity contribution in [3.05, 3.63) is 47.5 Å². The molecule has 0 radical (unpaired) electrons. The SMILES string of the molecule is II.O=C1C=CC(=O)c2ccccc21. The fraction of sp³-hybridized carbons (Fsp3) is 0. The lowest BCUT2D eigenvalue weighted by molar-refractivity contribution is 0.0994. The molecule has 1 aromatic rings. The summed E-state index contributed by atoms with van der Waals surface area (Å²) >= 11 is 4.24. The number of benzene rings is 1. The molecule has 0 N–H and O–H groups in total. The first-order chi connectivity index (χ1) is 6.79. The smallest absolute Gasteiger partial charge is 0.186 e. The summed E-state index contributed by atoms with van der Waals surface area (Å²) in [7, 11) is 0. The van der Waals surface area contributed by atoms with Gasteiger partial charge in [-0.15, -0.1) is 0 Å². The number of allylic oxidation sites excluding steroid dienone is 2. The number of fused-ring (bicyclic) bond motifs is 1. The summed E-state index contributed by atoms with van der Waals surface area (Å²) in [5.74, 6) is -0.185. The number of carbonyl (C=O) groups excluding carboxylic acids is 2. The maximum atomic E-state index is 11.2. The fourth-order valence-corrected chi connectivity index (χ4v) is 1.24. The highest BCUT2D eigenvalue weighted by Gasteiger charge is 2.16. The van der Waals surface area contributed by atoms with Crippen LogP contribution in [0.5, 0.6) is 0 Å². The zero-order chi connectivity index (χ0) is 10.6. The second kappa shape index (κ2) is 5.59. The maximum absolute atomic E-state index is 11.2. The topological polar surface area (TPSA) is 34.1 Å². The van der Waals surface area contributed by atoms with Crippen LogP contribution in [0.3, 0.4) is 0 Å². The van der Waals surface area contributed by atoms with Crippen molar-refractivity contribution in [2.45, 2.75) is 0 Å². The van der Waals surface area contributed by atoms with Crippen molar-refractivity contribution in [2.24, 2.45) is 0 Å². The predicted molar refractivity (Wildman–Crippen MR) is 72.3 cm³/mol. The third kappa shape index (κ3) is 2.41. The lowest BCUT2D eigenvalue weighted by Crippen LogP contribution is -2.10. The van der Waals surface area contributed by atoms with Gasteiger partial charge in [0.25, 0.3) is 0 Å². The molecule has 0 heterocycles. The molecule has 0 aliphatic heterocycles. The van der Waals surface area contributed by atoms with Crippen LogP contribution in [0.15, 0.2) is 36.4 Å². The molecule has 72 valence electrons. The lowest BCUT2D eigenvalue weighted by atomic mass is 9.95. The molecule has 0 saturated heterocycles. The Labute approximate surface area is 105 Å². The van der Waals surface area contributed by atoms with Gasteiger partial charge in [0.2, 0.25) is 0 Å². The normalized spacial score (nSPS) is 13.0. The van der Waals surface area contributed by atoms with Gasteiger partial charge < -0.3 is 0 Å². The second-order valence-electron chi connectivity index (χ2n) is 2.61. The minimum Gasteiger partial charge on any atom is -0.289 e. The van der Waals surface area contributed by atoms with Crippen molar-refractivity contribution < 1.29 is 9.59 Å². The van der Waals surface area contributed by atoms with Crippen LogP contribution in [0.1, 0.15) is 20.7 Å². The van der Waals surface area contributed by atoms with Gasteiger partial charge in [0, 0.05) is 48.4 Å². The third-order valence-corrected chi connectivity index (χ3v) is 1.84. The number of hydrogen-bond donors (Lipinski definition) is 0. The number of rotatable bonds is 0. The Morgan fingerprint density at radius 1 is 0.786 bits per heavy atom. The standard InChI is InChI=1S/C10H6O2.I2/c11-9-5-6-10(12)8-4-2-1-3-7(8)9;1-2/h1-6H;. The zero-order valence-electron chi connectivity index (χ0n) is 7.04. The quantitative estimate of drug-likeness (QED) is 0.613. The molecule has 2 nitrogen and oxygen atoms in total. The Kier molecular flexibility index (Phi) is 4.73. The van der Waals surface area contributed by atoms with E-state index < -0.39 is 0 Å². The Morgan fingerprint density at radius 3 is 1.50 bits per heavy atom. The second-order valence-corrected chi connectivity index (χ2v) is 2.61. The molecule has 0 unspecified atom stereocenters. The van der Waals surface area contributed by atoms with Crippen molar-refractivity contribution in [1.82, 2.24) is 0 Å². The summed E-state index contributed by atoms with van der Waals surface area (Å²) in [6.45, 7) is 0. The molecule has 14 heavy (non-hydrogen) atoms. The van der Waals surface area contributed by atoms with Gasteiger partial charge in [-0.2, -0.15) is 0 Å². The van der Waals surface area contributed by atoms with Crippen LogP contribution in [0.25, 0.3) is 0 Å². The zero-order valence-corrected chi connectivity index (χ0v) is 11.4. The molecule has 0 amide bonds. The number of carbonyl (C=O) groups is 2. The Morgan fingerprint density at radius 2 is 1.14 bits per heavy atom. The van der Waals surface area contributed by atoms with Gasteiger partial charge in [0.15, 0.2) is 11.6 Å². The van der Waals surface area contributed by atoms with Crippen molar-refractivity contribution in [2.75, 3.05) is 0 Å². The lowest BCUT2D eigenvalue weighted by Gasteiger charge is -2.06. The first kappa shape index (κ1) is 11.8. The largest absolute Gasteiger partial charge is 0.289 e. The van der Waals surface area contributed by atoms with E-state index in [2.05, 4.69) is 37.2 Å². The monoisotopic (exact) mass is 412 g/mol. The van der Waals surface area contributed by atoms with E-state index in [0.717, 1.165) is 0 Å². The molecule has 4 heteroatoms. The summed E-state index contributed by atoms with van der Waals surface area (Å²) in [6, 6.07) is 6.84. The summed E-state index contributed by atoms with van der Waals surface area (Å²) < 4.78 is 0. The molecule has 1 aliphatic rings. The van der Waals surface area contributed by atoms with Gasteiger partial charge in [0.1, 0.15) is 0 Å². The average Bonchev–Trinajstić information content (AvgIpc) is 2.27. The summed E-state index contributed by atoms with van der Waals surface area (Å²) in [5, 5.41) is 0. The van der Waals surface area contributed by atoms with E-state index in [-0.39, 0.29) is 11.6 Å². The van der Waals surface area contributed by atoms with Crippen LogP contribution < -0.4 is 0 Å². The highest BCUT2D eigenvalue weighted by Crippen LogP contribution is 2.15. The van der Waals surface area contributed by atoms with Gasteiger partial charge in [-0.05, 0) is 12.2 Å².